The molecule has 1 fully saturated rings. The molecule has 8 nitrogen and oxygen atoms in total. The van der Waals surface area contributed by atoms with Crippen LogP contribution in [-0.2, 0) is 9.59 Å². The molecule has 1 aliphatic rings. The molecule has 28 heavy (non-hydrogen) atoms. The van der Waals surface area contributed by atoms with E-state index < -0.39 is 5.92 Å². The molecule has 1 aliphatic heterocycles. The third-order valence-electron chi connectivity index (χ3n) is 4.37. The van der Waals surface area contributed by atoms with Gasteiger partial charge in [0.25, 0.3) is 5.91 Å². The van der Waals surface area contributed by atoms with Gasteiger partial charge in [0.1, 0.15) is 5.75 Å². The number of benzene rings is 1. The number of nitrogens with one attached hydrogen (secondary N) is 2. The number of carbonyl (C=O) groups is 3. The molecule has 0 bridgehead atoms. The van der Waals surface area contributed by atoms with Crippen LogP contribution >= 0.6 is 15.9 Å². The molecule has 2 N–H and O–H groups in total. The zero-order chi connectivity index (χ0) is 20.1. The van der Waals surface area contributed by atoms with E-state index in [4.69, 9.17) is 9.15 Å². The minimum atomic E-state index is -0.435. The van der Waals surface area contributed by atoms with Crippen molar-refractivity contribution in [2.75, 3.05) is 31.6 Å². The SMILES string of the molecule is COc1cccc(N2C[C@H](C(=O)NCCNC(=O)c3ccc(Br)o3)CC2=O)c1. The number of methoxy groups -OCH3 is 1. The molecule has 9 heteroatoms. The second kappa shape index (κ2) is 8.92. The molecule has 0 aliphatic carbocycles. The van der Waals surface area contributed by atoms with Crippen LogP contribution in [0.2, 0.25) is 0 Å². The predicted octanol–water partition coefficient (Wildman–Crippen LogP) is 1.95. The molecule has 0 radical (unpaired) electrons. The Hall–Kier alpha value is -2.81. The summed E-state index contributed by atoms with van der Waals surface area (Å²) in [6.45, 7) is 0.823. The summed E-state index contributed by atoms with van der Waals surface area (Å²) in [7, 11) is 1.56. The molecule has 1 aromatic heterocycles. The molecule has 1 saturated heterocycles. The summed E-state index contributed by atoms with van der Waals surface area (Å²) in [5.74, 6) is -0.277. The first-order chi connectivity index (χ1) is 13.5. The van der Waals surface area contributed by atoms with Crippen LogP contribution in [0.3, 0.4) is 0 Å². The summed E-state index contributed by atoms with van der Waals surface area (Å²) in [5, 5.41) is 5.41. The standard InChI is InChI=1S/C19H20BrN3O5/c1-27-14-4-2-3-13(10-14)23-11-12(9-17(23)24)18(25)21-7-8-22-19(26)15-5-6-16(20)28-15/h2-6,10,12H,7-9,11H2,1H3,(H,21,25)(H,22,26)/t12-/m1/s1. The van der Waals surface area contributed by atoms with Gasteiger partial charge >= 0.3 is 0 Å². The quantitative estimate of drug-likeness (QED) is 0.629. The van der Waals surface area contributed by atoms with Crippen molar-refractivity contribution in [1.29, 1.82) is 0 Å². The van der Waals surface area contributed by atoms with E-state index in [1.165, 1.54) is 0 Å². The number of hydrogen-bond acceptors (Lipinski definition) is 5. The van der Waals surface area contributed by atoms with E-state index in [1.54, 1.807) is 42.3 Å². The molecule has 3 rings (SSSR count). The van der Waals surface area contributed by atoms with Gasteiger partial charge in [0.2, 0.25) is 11.8 Å². The average Bonchev–Trinajstić information content (AvgIpc) is 3.30. The largest absolute Gasteiger partial charge is 0.497 e. The Labute approximate surface area is 170 Å². The molecule has 2 aromatic rings. The number of amides is 3. The van der Waals surface area contributed by atoms with Gasteiger partial charge in [0.05, 0.1) is 13.0 Å². The number of carbonyl (C=O) groups excluding carboxylic acids is 3. The lowest BCUT2D eigenvalue weighted by atomic mass is 10.1. The van der Waals surface area contributed by atoms with Crippen molar-refractivity contribution in [3.63, 3.8) is 0 Å². The van der Waals surface area contributed by atoms with Crippen LogP contribution in [0.1, 0.15) is 17.0 Å². The highest BCUT2D eigenvalue weighted by Crippen LogP contribution is 2.27. The van der Waals surface area contributed by atoms with Crippen molar-refractivity contribution < 1.29 is 23.5 Å². The lowest BCUT2D eigenvalue weighted by molar-refractivity contribution is -0.126. The van der Waals surface area contributed by atoms with Gasteiger partial charge in [-0.05, 0) is 40.2 Å². The van der Waals surface area contributed by atoms with Gasteiger partial charge in [-0.15, -0.1) is 0 Å². The van der Waals surface area contributed by atoms with Crippen LogP contribution < -0.4 is 20.3 Å². The van der Waals surface area contributed by atoms with E-state index in [0.29, 0.717) is 22.7 Å². The molecule has 3 amide bonds. The Morgan fingerprint density at radius 3 is 2.75 bits per heavy atom. The van der Waals surface area contributed by atoms with Gasteiger partial charge < -0.3 is 24.7 Å². The number of nitrogens with zero attached hydrogens (tertiary/aromatic N) is 1. The summed E-state index contributed by atoms with van der Waals surface area (Å²) in [4.78, 5) is 38.1. The Balaban J connectivity index is 1.46. The van der Waals surface area contributed by atoms with Gasteiger partial charge in [0.15, 0.2) is 10.4 Å². The summed E-state index contributed by atoms with van der Waals surface area (Å²) < 4.78 is 10.8. The maximum absolute atomic E-state index is 12.4. The Morgan fingerprint density at radius 1 is 1.25 bits per heavy atom. The molecular formula is C19H20BrN3O5. The predicted molar refractivity (Wildman–Crippen MR) is 105 cm³/mol. The Bertz CT molecular complexity index is 882. The molecule has 2 heterocycles. The molecule has 1 aromatic carbocycles. The fourth-order valence-electron chi connectivity index (χ4n) is 2.94. The van der Waals surface area contributed by atoms with Crippen LogP contribution in [-0.4, -0.2) is 44.5 Å². The van der Waals surface area contributed by atoms with E-state index in [-0.39, 0.29) is 43.0 Å². The van der Waals surface area contributed by atoms with Gasteiger partial charge in [-0.3, -0.25) is 14.4 Å². The van der Waals surface area contributed by atoms with Crippen molar-refractivity contribution in [2.45, 2.75) is 6.42 Å². The molecule has 0 unspecified atom stereocenters. The van der Waals surface area contributed by atoms with E-state index in [0.717, 1.165) is 0 Å². The number of rotatable bonds is 7. The number of ether oxygens (including phenoxy) is 1. The van der Waals surface area contributed by atoms with E-state index in [2.05, 4.69) is 26.6 Å². The third kappa shape index (κ3) is 4.72. The van der Waals surface area contributed by atoms with Gasteiger partial charge in [-0.2, -0.15) is 0 Å². The average molecular weight is 450 g/mol. The van der Waals surface area contributed by atoms with Crippen molar-refractivity contribution in [1.82, 2.24) is 10.6 Å². The number of hydrogen-bond donors (Lipinski definition) is 2. The first-order valence-corrected chi connectivity index (χ1v) is 9.53. The fourth-order valence-corrected chi connectivity index (χ4v) is 3.25. The molecule has 148 valence electrons. The monoisotopic (exact) mass is 449 g/mol. The lowest BCUT2D eigenvalue weighted by Gasteiger charge is -2.17. The minimum absolute atomic E-state index is 0.106. The summed E-state index contributed by atoms with van der Waals surface area (Å²) >= 11 is 3.13. The van der Waals surface area contributed by atoms with E-state index in [9.17, 15) is 14.4 Å². The Morgan fingerprint density at radius 2 is 2.04 bits per heavy atom. The maximum Gasteiger partial charge on any atom is 0.287 e. The highest BCUT2D eigenvalue weighted by molar-refractivity contribution is 9.10. The van der Waals surface area contributed by atoms with Crippen LogP contribution in [0, 0.1) is 5.92 Å². The van der Waals surface area contributed by atoms with Crippen molar-refractivity contribution >= 4 is 39.3 Å². The first kappa shape index (κ1) is 19.9. The third-order valence-corrected chi connectivity index (χ3v) is 4.79. The van der Waals surface area contributed by atoms with Crippen LogP contribution in [0.25, 0.3) is 0 Å². The second-order valence-corrected chi connectivity index (χ2v) is 7.04. The smallest absolute Gasteiger partial charge is 0.287 e. The number of anilines is 1. The van der Waals surface area contributed by atoms with Crippen LogP contribution in [0.5, 0.6) is 5.75 Å². The second-order valence-electron chi connectivity index (χ2n) is 6.26. The fraction of sp³-hybridized carbons (Fsp3) is 0.316. The highest BCUT2D eigenvalue weighted by Gasteiger charge is 2.35. The number of halogens is 1. The lowest BCUT2D eigenvalue weighted by Crippen LogP contribution is -2.38. The molecule has 1 atom stereocenters. The summed E-state index contributed by atoms with van der Waals surface area (Å²) in [6.07, 6.45) is 0.149. The number of furan rings is 1. The van der Waals surface area contributed by atoms with Crippen molar-refractivity contribution in [3.05, 3.63) is 46.8 Å². The van der Waals surface area contributed by atoms with E-state index >= 15 is 0 Å². The van der Waals surface area contributed by atoms with Crippen molar-refractivity contribution in [3.8, 4) is 5.75 Å². The topological polar surface area (TPSA) is 101 Å². The van der Waals surface area contributed by atoms with Crippen LogP contribution in [0.4, 0.5) is 5.69 Å². The minimum Gasteiger partial charge on any atom is -0.497 e. The molecular weight excluding hydrogens is 430 g/mol. The van der Waals surface area contributed by atoms with E-state index in [1.807, 2.05) is 6.07 Å². The Kier molecular flexibility index (Phi) is 6.35. The molecule has 0 spiro atoms. The van der Waals surface area contributed by atoms with Gasteiger partial charge in [-0.1, -0.05) is 6.07 Å². The maximum atomic E-state index is 12.4. The van der Waals surface area contributed by atoms with Crippen molar-refractivity contribution in [2.24, 2.45) is 5.92 Å². The first-order valence-electron chi connectivity index (χ1n) is 8.73. The highest BCUT2D eigenvalue weighted by atomic mass is 79.9. The van der Waals surface area contributed by atoms with Gasteiger partial charge in [0, 0.05) is 37.8 Å². The normalized spacial score (nSPS) is 16.1. The van der Waals surface area contributed by atoms with Gasteiger partial charge in [-0.25, -0.2) is 0 Å². The summed E-state index contributed by atoms with van der Waals surface area (Å²) in [5.41, 5.74) is 0.705. The summed E-state index contributed by atoms with van der Waals surface area (Å²) in [6, 6.07) is 10.3. The van der Waals surface area contributed by atoms with Crippen LogP contribution in [0.15, 0.2) is 45.5 Å². The zero-order valence-electron chi connectivity index (χ0n) is 15.2. The zero-order valence-corrected chi connectivity index (χ0v) is 16.8. The molecule has 0 saturated carbocycles.